The van der Waals surface area contributed by atoms with Crippen LogP contribution in [-0.2, 0) is 0 Å². The van der Waals surface area contributed by atoms with Gasteiger partial charge in [-0.3, -0.25) is 5.32 Å². The van der Waals surface area contributed by atoms with Gasteiger partial charge in [-0.1, -0.05) is 0 Å². The number of likely N-dealkylation sites (N-methyl/N-ethyl adjacent to an activating group) is 1. The van der Waals surface area contributed by atoms with Crippen LogP contribution in [0.3, 0.4) is 0 Å². The Morgan fingerprint density at radius 2 is 2.33 bits per heavy atom. The van der Waals surface area contributed by atoms with E-state index in [-0.39, 0.29) is 12.6 Å². The highest BCUT2D eigenvalue weighted by atomic mass is 32.1. The van der Waals surface area contributed by atoms with Gasteiger partial charge < -0.3 is 10.0 Å². The second kappa shape index (κ2) is 5.72. The number of nitrogens with zero attached hydrogens (tertiary/aromatic N) is 1. The standard InChI is InChI=1S/C10H16N2O2S/c1-3-12(6-7-13)10(14)11-9-5-4-8(2)15-9/h4-5,13H,3,6-7H2,1-2H3,(H,11,14). The summed E-state index contributed by atoms with van der Waals surface area (Å²) in [6.45, 7) is 4.83. The van der Waals surface area contributed by atoms with Gasteiger partial charge in [-0.05, 0) is 26.0 Å². The molecule has 15 heavy (non-hydrogen) atoms. The summed E-state index contributed by atoms with van der Waals surface area (Å²) in [6, 6.07) is 3.68. The van der Waals surface area contributed by atoms with Crippen molar-refractivity contribution in [1.29, 1.82) is 0 Å². The van der Waals surface area contributed by atoms with Gasteiger partial charge >= 0.3 is 6.03 Å². The minimum absolute atomic E-state index is 0.00920. The molecule has 4 nitrogen and oxygen atoms in total. The fourth-order valence-electron chi connectivity index (χ4n) is 1.21. The van der Waals surface area contributed by atoms with Gasteiger partial charge in [0.25, 0.3) is 0 Å². The zero-order chi connectivity index (χ0) is 11.3. The SMILES string of the molecule is CCN(CCO)C(=O)Nc1ccc(C)s1. The molecule has 0 atom stereocenters. The lowest BCUT2D eigenvalue weighted by atomic mass is 10.5. The Kier molecular flexibility index (Phi) is 4.58. The molecule has 0 saturated heterocycles. The number of hydrogen-bond donors (Lipinski definition) is 2. The van der Waals surface area contributed by atoms with E-state index in [0.717, 1.165) is 9.88 Å². The summed E-state index contributed by atoms with van der Waals surface area (Å²) in [5.74, 6) is 0. The average Bonchev–Trinajstić information content (AvgIpc) is 2.60. The maximum absolute atomic E-state index is 11.7. The molecule has 1 rings (SSSR count). The molecule has 2 amide bonds. The molecule has 1 heterocycles. The van der Waals surface area contributed by atoms with Crippen molar-refractivity contribution >= 4 is 22.4 Å². The number of urea groups is 1. The van der Waals surface area contributed by atoms with Crippen LogP contribution in [0.15, 0.2) is 12.1 Å². The number of carbonyl (C=O) groups is 1. The monoisotopic (exact) mass is 228 g/mol. The summed E-state index contributed by atoms with van der Waals surface area (Å²) >= 11 is 1.54. The summed E-state index contributed by atoms with van der Waals surface area (Å²) in [5.41, 5.74) is 0. The first-order chi connectivity index (χ1) is 7.17. The third-order valence-corrected chi connectivity index (χ3v) is 2.93. The summed E-state index contributed by atoms with van der Waals surface area (Å²) < 4.78 is 0. The van der Waals surface area contributed by atoms with Crippen molar-refractivity contribution in [2.75, 3.05) is 25.0 Å². The van der Waals surface area contributed by atoms with Crippen molar-refractivity contribution in [3.8, 4) is 0 Å². The molecule has 0 aromatic carbocycles. The van der Waals surface area contributed by atoms with Crippen molar-refractivity contribution < 1.29 is 9.90 Å². The van der Waals surface area contributed by atoms with Crippen LogP contribution in [0.1, 0.15) is 11.8 Å². The van der Waals surface area contributed by atoms with Crippen LogP contribution in [0.5, 0.6) is 0 Å². The van der Waals surface area contributed by atoms with Crippen molar-refractivity contribution in [2.24, 2.45) is 0 Å². The largest absolute Gasteiger partial charge is 0.395 e. The van der Waals surface area contributed by atoms with Gasteiger partial charge in [-0.15, -0.1) is 11.3 Å². The second-order valence-corrected chi connectivity index (χ2v) is 4.43. The molecular formula is C10H16N2O2S. The fraction of sp³-hybridized carbons (Fsp3) is 0.500. The number of aliphatic hydroxyl groups excluding tert-OH is 1. The highest BCUT2D eigenvalue weighted by Gasteiger charge is 2.11. The summed E-state index contributed by atoms with van der Waals surface area (Å²) in [5, 5.41) is 12.4. The Labute approximate surface area is 93.5 Å². The zero-order valence-corrected chi connectivity index (χ0v) is 9.80. The van der Waals surface area contributed by atoms with E-state index in [2.05, 4.69) is 5.32 Å². The first kappa shape index (κ1) is 12.0. The maximum Gasteiger partial charge on any atom is 0.322 e. The Morgan fingerprint density at radius 1 is 1.60 bits per heavy atom. The molecule has 0 bridgehead atoms. The number of amides is 2. The van der Waals surface area contributed by atoms with Gasteiger partial charge in [0.05, 0.1) is 11.6 Å². The predicted molar refractivity (Wildman–Crippen MR) is 62.4 cm³/mol. The van der Waals surface area contributed by atoms with Gasteiger partial charge in [0.15, 0.2) is 0 Å². The minimum Gasteiger partial charge on any atom is -0.395 e. The number of thiophene rings is 1. The highest BCUT2D eigenvalue weighted by Crippen LogP contribution is 2.20. The number of rotatable bonds is 4. The molecule has 0 aliphatic carbocycles. The molecule has 0 radical (unpaired) electrons. The van der Waals surface area contributed by atoms with Gasteiger partial charge in [0.2, 0.25) is 0 Å². The lowest BCUT2D eigenvalue weighted by Gasteiger charge is -2.19. The van der Waals surface area contributed by atoms with Crippen LogP contribution >= 0.6 is 11.3 Å². The molecule has 0 saturated carbocycles. The van der Waals surface area contributed by atoms with E-state index in [9.17, 15) is 4.79 Å². The van der Waals surface area contributed by atoms with Crippen molar-refractivity contribution in [3.63, 3.8) is 0 Å². The third-order valence-electron chi connectivity index (χ3n) is 2.01. The van der Waals surface area contributed by atoms with E-state index >= 15 is 0 Å². The van der Waals surface area contributed by atoms with Crippen LogP contribution in [0.4, 0.5) is 9.80 Å². The van der Waals surface area contributed by atoms with E-state index in [1.165, 1.54) is 0 Å². The van der Waals surface area contributed by atoms with E-state index in [4.69, 9.17) is 5.11 Å². The van der Waals surface area contributed by atoms with E-state index < -0.39 is 0 Å². The van der Waals surface area contributed by atoms with Crippen molar-refractivity contribution in [2.45, 2.75) is 13.8 Å². The molecule has 0 spiro atoms. The fourth-order valence-corrected chi connectivity index (χ4v) is 1.97. The molecule has 2 N–H and O–H groups in total. The topological polar surface area (TPSA) is 52.6 Å². The minimum atomic E-state index is -0.159. The number of anilines is 1. The van der Waals surface area contributed by atoms with Crippen molar-refractivity contribution in [3.05, 3.63) is 17.0 Å². The molecule has 84 valence electrons. The van der Waals surface area contributed by atoms with Gasteiger partial charge in [0.1, 0.15) is 0 Å². The van der Waals surface area contributed by atoms with Gasteiger partial charge in [-0.25, -0.2) is 4.79 Å². The third kappa shape index (κ3) is 3.53. The molecule has 1 aromatic rings. The lowest BCUT2D eigenvalue weighted by Crippen LogP contribution is -2.36. The quantitative estimate of drug-likeness (QED) is 0.827. The second-order valence-electron chi connectivity index (χ2n) is 3.14. The van der Waals surface area contributed by atoms with Gasteiger partial charge in [-0.2, -0.15) is 0 Å². The van der Waals surface area contributed by atoms with E-state index in [1.54, 1.807) is 16.2 Å². The van der Waals surface area contributed by atoms with Crippen molar-refractivity contribution in [1.82, 2.24) is 4.90 Å². The molecule has 0 fully saturated rings. The summed E-state index contributed by atoms with van der Waals surface area (Å²) in [7, 11) is 0. The Morgan fingerprint density at radius 3 is 2.80 bits per heavy atom. The Bertz CT molecular complexity index is 325. The van der Waals surface area contributed by atoms with Crippen LogP contribution in [-0.4, -0.2) is 35.7 Å². The van der Waals surface area contributed by atoms with E-state index in [0.29, 0.717) is 13.1 Å². The lowest BCUT2D eigenvalue weighted by molar-refractivity contribution is 0.192. The maximum atomic E-state index is 11.7. The van der Waals surface area contributed by atoms with Crippen LogP contribution in [0.25, 0.3) is 0 Å². The number of aryl methyl sites for hydroxylation is 1. The normalized spacial score (nSPS) is 10.1. The smallest absolute Gasteiger partial charge is 0.322 e. The summed E-state index contributed by atoms with van der Waals surface area (Å²) in [6.07, 6.45) is 0. The average molecular weight is 228 g/mol. The van der Waals surface area contributed by atoms with E-state index in [1.807, 2.05) is 26.0 Å². The number of nitrogens with one attached hydrogen (secondary N) is 1. The van der Waals surface area contributed by atoms with Crippen LogP contribution in [0, 0.1) is 6.92 Å². The van der Waals surface area contributed by atoms with Crippen LogP contribution < -0.4 is 5.32 Å². The highest BCUT2D eigenvalue weighted by molar-refractivity contribution is 7.16. The predicted octanol–water partition coefficient (Wildman–Crippen LogP) is 1.90. The molecule has 0 aliphatic heterocycles. The Balaban J connectivity index is 2.53. The molecule has 5 heteroatoms. The zero-order valence-electron chi connectivity index (χ0n) is 8.99. The first-order valence-corrected chi connectivity index (χ1v) is 5.72. The number of aliphatic hydroxyl groups is 1. The first-order valence-electron chi connectivity index (χ1n) is 4.90. The summed E-state index contributed by atoms with van der Waals surface area (Å²) in [4.78, 5) is 14.4. The Hall–Kier alpha value is -1.07. The molecular weight excluding hydrogens is 212 g/mol. The van der Waals surface area contributed by atoms with Crippen LogP contribution in [0.2, 0.25) is 0 Å². The molecule has 0 unspecified atom stereocenters. The molecule has 0 aliphatic rings. The molecule has 1 aromatic heterocycles. The van der Waals surface area contributed by atoms with Gasteiger partial charge in [0, 0.05) is 18.0 Å². The number of hydrogen-bond acceptors (Lipinski definition) is 3. The number of carbonyl (C=O) groups excluding carboxylic acids is 1.